The molecular weight excluding hydrogens is 234 g/mol. The maximum atomic E-state index is 6.75. The van der Waals surface area contributed by atoms with Gasteiger partial charge in [0.2, 0.25) is 0 Å². The van der Waals surface area contributed by atoms with E-state index in [9.17, 15) is 0 Å². The number of aryl methyl sites for hydroxylation is 1. The van der Waals surface area contributed by atoms with Crippen LogP contribution in [0.25, 0.3) is 0 Å². The Kier molecular flexibility index (Phi) is 3.30. The zero-order valence-electron chi connectivity index (χ0n) is 12.2. The molecule has 0 bridgehead atoms. The van der Waals surface area contributed by atoms with Gasteiger partial charge >= 0.3 is 0 Å². The molecule has 0 aromatic heterocycles. The van der Waals surface area contributed by atoms with Gasteiger partial charge in [-0.3, -0.25) is 0 Å². The van der Waals surface area contributed by atoms with Crippen molar-refractivity contribution >= 4 is 0 Å². The quantitative estimate of drug-likeness (QED) is 0.880. The first kappa shape index (κ1) is 13.0. The summed E-state index contributed by atoms with van der Waals surface area (Å²) < 4.78 is 5.69. The highest BCUT2D eigenvalue weighted by Gasteiger charge is 2.37. The van der Waals surface area contributed by atoms with Gasteiger partial charge in [0.25, 0.3) is 0 Å². The summed E-state index contributed by atoms with van der Waals surface area (Å²) in [6.45, 7) is 2.22. The third-order valence-electron chi connectivity index (χ3n) is 5.05. The van der Waals surface area contributed by atoms with Gasteiger partial charge in [-0.1, -0.05) is 12.8 Å². The summed E-state index contributed by atoms with van der Waals surface area (Å²) in [6.07, 6.45) is 9.73. The second-order valence-electron chi connectivity index (χ2n) is 6.30. The Morgan fingerprint density at radius 1 is 1.05 bits per heavy atom. The van der Waals surface area contributed by atoms with Crippen LogP contribution in [0.3, 0.4) is 0 Å². The molecule has 1 fully saturated rings. The molecule has 0 radical (unpaired) electrons. The summed E-state index contributed by atoms with van der Waals surface area (Å²) in [6, 6.07) is 2.21. The molecule has 2 nitrogen and oxygen atoms in total. The Morgan fingerprint density at radius 2 is 1.68 bits per heavy atom. The number of benzene rings is 1. The molecule has 3 rings (SSSR count). The number of hydrogen-bond acceptors (Lipinski definition) is 2. The van der Waals surface area contributed by atoms with Crippen LogP contribution in [-0.4, -0.2) is 7.11 Å². The Labute approximate surface area is 116 Å². The summed E-state index contributed by atoms with van der Waals surface area (Å²) >= 11 is 0. The minimum atomic E-state index is -0.138. The number of hydrogen-bond donors (Lipinski definition) is 1. The zero-order valence-corrected chi connectivity index (χ0v) is 12.2. The van der Waals surface area contributed by atoms with Crippen LogP contribution in [0.2, 0.25) is 0 Å². The molecule has 2 aliphatic carbocycles. The highest BCUT2D eigenvalue weighted by molar-refractivity contribution is 5.54. The van der Waals surface area contributed by atoms with Crippen molar-refractivity contribution in [1.82, 2.24) is 0 Å². The highest BCUT2D eigenvalue weighted by atomic mass is 16.5. The second kappa shape index (κ2) is 4.82. The summed E-state index contributed by atoms with van der Waals surface area (Å²) in [4.78, 5) is 0. The van der Waals surface area contributed by atoms with E-state index in [1.807, 2.05) is 0 Å². The lowest BCUT2D eigenvalue weighted by Gasteiger charge is -2.33. The van der Waals surface area contributed by atoms with E-state index >= 15 is 0 Å². The van der Waals surface area contributed by atoms with Gasteiger partial charge in [0.05, 0.1) is 7.11 Å². The average molecular weight is 259 g/mol. The SMILES string of the molecule is COc1cc(C)c2c(c1C1(N)CCCC1)CCCC2. The van der Waals surface area contributed by atoms with E-state index in [4.69, 9.17) is 10.5 Å². The van der Waals surface area contributed by atoms with E-state index in [1.54, 1.807) is 12.7 Å². The largest absolute Gasteiger partial charge is 0.496 e. The zero-order chi connectivity index (χ0) is 13.5. The smallest absolute Gasteiger partial charge is 0.124 e. The van der Waals surface area contributed by atoms with Crippen LogP contribution < -0.4 is 10.5 Å². The molecule has 0 atom stereocenters. The van der Waals surface area contributed by atoms with Crippen LogP contribution in [0, 0.1) is 6.92 Å². The predicted octanol–water partition coefficient (Wildman–Crippen LogP) is 3.61. The average Bonchev–Trinajstić information content (AvgIpc) is 2.86. The van der Waals surface area contributed by atoms with Crippen molar-refractivity contribution in [2.24, 2.45) is 5.73 Å². The Hall–Kier alpha value is -1.02. The molecule has 19 heavy (non-hydrogen) atoms. The lowest BCUT2D eigenvalue weighted by atomic mass is 9.77. The van der Waals surface area contributed by atoms with E-state index in [2.05, 4.69) is 13.0 Å². The van der Waals surface area contributed by atoms with E-state index in [0.29, 0.717) is 0 Å². The molecule has 0 saturated heterocycles. The number of rotatable bonds is 2. The molecule has 0 aliphatic heterocycles. The van der Waals surface area contributed by atoms with Crippen LogP contribution in [0.5, 0.6) is 5.75 Å². The van der Waals surface area contributed by atoms with E-state index < -0.39 is 0 Å². The highest BCUT2D eigenvalue weighted by Crippen LogP contribution is 2.45. The van der Waals surface area contributed by atoms with Gasteiger partial charge in [-0.05, 0) is 68.2 Å². The minimum Gasteiger partial charge on any atom is -0.496 e. The lowest BCUT2D eigenvalue weighted by molar-refractivity contribution is 0.374. The third kappa shape index (κ3) is 2.06. The summed E-state index contributed by atoms with van der Waals surface area (Å²) in [5, 5.41) is 0. The number of ether oxygens (including phenoxy) is 1. The fraction of sp³-hybridized carbons (Fsp3) is 0.647. The number of nitrogens with two attached hydrogens (primary N) is 1. The van der Waals surface area contributed by atoms with Crippen molar-refractivity contribution in [2.45, 2.75) is 63.8 Å². The number of fused-ring (bicyclic) bond motifs is 1. The topological polar surface area (TPSA) is 35.2 Å². The van der Waals surface area contributed by atoms with Crippen molar-refractivity contribution < 1.29 is 4.74 Å². The molecule has 104 valence electrons. The molecule has 0 unspecified atom stereocenters. The van der Waals surface area contributed by atoms with Gasteiger partial charge in [0, 0.05) is 11.1 Å². The van der Waals surface area contributed by atoms with Crippen molar-refractivity contribution in [3.8, 4) is 5.75 Å². The van der Waals surface area contributed by atoms with Crippen molar-refractivity contribution in [3.05, 3.63) is 28.3 Å². The van der Waals surface area contributed by atoms with Gasteiger partial charge in [0.1, 0.15) is 5.75 Å². The molecule has 0 heterocycles. The fourth-order valence-corrected chi connectivity index (χ4v) is 4.08. The first-order valence-corrected chi connectivity index (χ1v) is 7.64. The standard InChI is InChI=1S/C17H25NO/c1-12-11-15(19-2)16(17(18)9-5-6-10-17)14-8-4-3-7-13(12)14/h11H,3-10,18H2,1-2H3. The van der Waals surface area contributed by atoms with Crippen molar-refractivity contribution in [1.29, 1.82) is 0 Å². The molecule has 1 aromatic rings. The Bertz CT molecular complexity index is 487. The maximum absolute atomic E-state index is 6.75. The lowest BCUT2D eigenvalue weighted by Crippen LogP contribution is -2.35. The fourth-order valence-electron chi connectivity index (χ4n) is 4.08. The number of methoxy groups -OCH3 is 1. The predicted molar refractivity (Wildman–Crippen MR) is 78.7 cm³/mol. The van der Waals surface area contributed by atoms with Gasteiger partial charge in [-0.15, -0.1) is 0 Å². The maximum Gasteiger partial charge on any atom is 0.124 e. The minimum absolute atomic E-state index is 0.138. The monoisotopic (exact) mass is 259 g/mol. The van der Waals surface area contributed by atoms with Gasteiger partial charge in [-0.2, -0.15) is 0 Å². The molecule has 1 aromatic carbocycles. The van der Waals surface area contributed by atoms with Crippen molar-refractivity contribution in [3.63, 3.8) is 0 Å². The molecule has 2 aliphatic rings. The van der Waals surface area contributed by atoms with E-state index in [-0.39, 0.29) is 5.54 Å². The first-order valence-electron chi connectivity index (χ1n) is 7.64. The Morgan fingerprint density at radius 3 is 2.32 bits per heavy atom. The van der Waals surface area contributed by atoms with Crippen LogP contribution in [0.15, 0.2) is 6.07 Å². The van der Waals surface area contributed by atoms with Crippen LogP contribution in [0.1, 0.15) is 60.8 Å². The molecule has 1 saturated carbocycles. The molecule has 0 spiro atoms. The van der Waals surface area contributed by atoms with Gasteiger partial charge in [-0.25, -0.2) is 0 Å². The Balaban J connectivity index is 2.20. The van der Waals surface area contributed by atoms with Gasteiger partial charge < -0.3 is 10.5 Å². The summed E-state index contributed by atoms with van der Waals surface area (Å²) in [5.74, 6) is 1.03. The second-order valence-corrected chi connectivity index (χ2v) is 6.30. The molecule has 2 N–H and O–H groups in total. The molecule has 0 amide bonds. The first-order chi connectivity index (χ1) is 9.15. The van der Waals surface area contributed by atoms with Crippen molar-refractivity contribution in [2.75, 3.05) is 7.11 Å². The summed E-state index contributed by atoms with van der Waals surface area (Å²) in [5.41, 5.74) is 12.4. The van der Waals surface area contributed by atoms with Crippen LogP contribution in [-0.2, 0) is 18.4 Å². The van der Waals surface area contributed by atoms with E-state index in [1.165, 1.54) is 55.2 Å². The molecular formula is C17H25NO. The van der Waals surface area contributed by atoms with E-state index in [0.717, 1.165) is 18.6 Å². The third-order valence-corrected chi connectivity index (χ3v) is 5.05. The summed E-state index contributed by atoms with van der Waals surface area (Å²) in [7, 11) is 1.78. The van der Waals surface area contributed by atoms with Crippen LogP contribution >= 0.6 is 0 Å². The molecule has 2 heteroatoms. The van der Waals surface area contributed by atoms with Crippen LogP contribution in [0.4, 0.5) is 0 Å². The van der Waals surface area contributed by atoms with Gasteiger partial charge in [0.15, 0.2) is 0 Å². The normalized spacial score (nSPS) is 21.2.